The lowest BCUT2D eigenvalue weighted by atomic mass is 10.1. The molecule has 7 heteroatoms. The van der Waals surface area contributed by atoms with Crippen LogP contribution < -0.4 is 10.2 Å². The zero-order valence-electron chi connectivity index (χ0n) is 14.0. The van der Waals surface area contributed by atoms with Crippen molar-refractivity contribution in [2.24, 2.45) is 0 Å². The maximum atomic E-state index is 12.6. The third kappa shape index (κ3) is 3.68. The molecule has 1 amide bonds. The van der Waals surface area contributed by atoms with Crippen LogP contribution >= 0.6 is 11.3 Å². The Morgan fingerprint density at radius 1 is 1.38 bits per heavy atom. The van der Waals surface area contributed by atoms with Gasteiger partial charge in [0.2, 0.25) is 0 Å². The molecule has 0 radical (unpaired) electrons. The van der Waals surface area contributed by atoms with Gasteiger partial charge in [-0.25, -0.2) is 4.98 Å². The standard InChI is InChI=1S/C17H22N4O2S/c1-18-17-19-11-15(24-17)16(22)20(2)12-13-5-3-4-6-14(13)21-7-9-23-10-8-21/h3-6,11H,7-10,12H2,1-2H3,(H,18,19). The Morgan fingerprint density at radius 3 is 2.83 bits per heavy atom. The second kappa shape index (κ2) is 7.63. The molecule has 1 aromatic heterocycles. The normalized spacial score (nSPS) is 14.5. The molecule has 1 saturated heterocycles. The van der Waals surface area contributed by atoms with Crippen molar-refractivity contribution in [2.45, 2.75) is 6.54 Å². The van der Waals surface area contributed by atoms with Crippen LogP contribution in [0.1, 0.15) is 15.2 Å². The first-order chi connectivity index (χ1) is 11.7. The molecular formula is C17H22N4O2S. The van der Waals surface area contributed by atoms with Gasteiger partial charge in [-0.05, 0) is 11.6 Å². The van der Waals surface area contributed by atoms with Crippen molar-refractivity contribution in [1.82, 2.24) is 9.88 Å². The van der Waals surface area contributed by atoms with Gasteiger partial charge in [-0.2, -0.15) is 0 Å². The molecule has 3 rings (SSSR count). The SMILES string of the molecule is CNc1ncc(C(=O)N(C)Cc2ccccc2N2CCOCC2)s1. The van der Waals surface area contributed by atoms with E-state index in [2.05, 4.69) is 27.3 Å². The number of amides is 1. The van der Waals surface area contributed by atoms with Gasteiger partial charge in [0.05, 0.1) is 19.4 Å². The topological polar surface area (TPSA) is 57.7 Å². The van der Waals surface area contributed by atoms with Crippen molar-refractivity contribution >= 4 is 28.1 Å². The molecule has 24 heavy (non-hydrogen) atoms. The molecule has 0 unspecified atom stereocenters. The molecule has 2 heterocycles. The Labute approximate surface area is 146 Å². The summed E-state index contributed by atoms with van der Waals surface area (Å²) in [6.07, 6.45) is 1.63. The predicted molar refractivity (Wildman–Crippen MR) is 96.9 cm³/mol. The molecule has 2 aromatic rings. The monoisotopic (exact) mass is 346 g/mol. The van der Waals surface area contributed by atoms with Crippen LogP contribution in [0.3, 0.4) is 0 Å². The van der Waals surface area contributed by atoms with E-state index >= 15 is 0 Å². The average molecular weight is 346 g/mol. The molecule has 1 N–H and O–H groups in total. The number of nitrogens with zero attached hydrogens (tertiary/aromatic N) is 3. The summed E-state index contributed by atoms with van der Waals surface area (Å²) in [4.78, 5) is 21.5. The van der Waals surface area contributed by atoms with Crippen LogP contribution in [0.15, 0.2) is 30.5 Å². The van der Waals surface area contributed by atoms with Crippen LogP contribution in [0.2, 0.25) is 0 Å². The number of hydrogen-bond acceptors (Lipinski definition) is 6. The summed E-state index contributed by atoms with van der Waals surface area (Å²) in [5.41, 5.74) is 2.33. The molecule has 0 bridgehead atoms. The number of nitrogens with one attached hydrogen (secondary N) is 1. The van der Waals surface area contributed by atoms with Crippen LogP contribution in [0.4, 0.5) is 10.8 Å². The highest BCUT2D eigenvalue weighted by atomic mass is 32.1. The molecule has 0 saturated carbocycles. The van der Waals surface area contributed by atoms with Gasteiger partial charge in [-0.15, -0.1) is 0 Å². The number of ether oxygens (including phenoxy) is 1. The minimum atomic E-state index is -0.00854. The minimum absolute atomic E-state index is 0.00854. The number of morpholine rings is 1. The Morgan fingerprint density at radius 2 is 2.12 bits per heavy atom. The third-order valence-corrected chi connectivity index (χ3v) is 5.03. The van der Waals surface area contributed by atoms with Gasteiger partial charge in [-0.1, -0.05) is 29.5 Å². The second-order valence-corrected chi connectivity index (χ2v) is 6.70. The van der Waals surface area contributed by atoms with Gasteiger partial charge in [0.15, 0.2) is 5.13 Å². The molecule has 1 aliphatic rings. The molecule has 6 nitrogen and oxygen atoms in total. The number of benzene rings is 1. The quantitative estimate of drug-likeness (QED) is 0.900. The fraction of sp³-hybridized carbons (Fsp3) is 0.412. The van der Waals surface area contributed by atoms with Gasteiger partial charge in [-0.3, -0.25) is 4.79 Å². The van der Waals surface area contributed by atoms with E-state index in [0.29, 0.717) is 11.4 Å². The molecule has 1 fully saturated rings. The molecule has 0 spiro atoms. The average Bonchev–Trinajstić information content (AvgIpc) is 3.11. The van der Waals surface area contributed by atoms with Crippen LogP contribution in [0.25, 0.3) is 0 Å². The zero-order valence-corrected chi connectivity index (χ0v) is 14.8. The highest BCUT2D eigenvalue weighted by Gasteiger charge is 2.19. The van der Waals surface area contributed by atoms with Gasteiger partial charge in [0.25, 0.3) is 5.91 Å². The zero-order chi connectivity index (χ0) is 16.9. The van der Waals surface area contributed by atoms with E-state index in [9.17, 15) is 4.79 Å². The summed E-state index contributed by atoms with van der Waals surface area (Å²) >= 11 is 1.37. The first-order valence-electron chi connectivity index (χ1n) is 7.98. The van der Waals surface area contributed by atoms with Gasteiger partial charge in [0.1, 0.15) is 4.88 Å². The summed E-state index contributed by atoms with van der Waals surface area (Å²) in [5.74, 6) is -0.00854. The van der Waals surface area contributed by atoms with E-state index in [4.69, 9.17) is 4.74 Å². The lowest BCUT2D eigenvalue weighted by Gasteiger charge is -2.31. The van der Waals surface area contributed by atoms with Gasteiger partial charge >= 0.3 is 0 Å². The molecule has 128 valence electrons. The number of aromatic nitrogens is 1. The number of para-hydroxylation sites is 1. The van der Waals surface area contributed by atoms with Gasteiger partial charge < -0.3 is 19.9 Å². The molecule has 1 aromatic carbocycles. The fourth-order valence-electron chi connectivity index (χ4n) is 2.76. The summed E-state index contributed by atoms with van der Waals surface area (Å²) in [6.45, 7) is 3.83. The molecular weight excluding hydrogens is 324 g/mol. The lowest BCUT2D eigenvalue weighted by Crippen LogP contribution is -2.37. The van der Waals surface area contributed by atoms with E-state index in [-0.39, 0.29) is 5.91 Å². The molecule has 0 atom stereocenters. The van der Waals surface area contributed by atoms with Crippen LogP contribution in [-0.2, 0) is 11.3 Å². The van der Waals surface area contributed by atoms with E-state index in [1.807, 2.05) is 19.2 Å². The lowest BCUT2D eigenvalue weighted by molar-refractivity contribution is 0.0789. The van der Waals surface area contributed by atoms with Crippen molar-refractivity contribution in [2.75, 3.05) is 50.6 Å². The summed E-state index contributed by atoms with van der Waals surface area (Å²) in [5, 5.41) is 3.71. The molecule has 1 aliphatic heterocycles. The Hall–Kier alpha value is -2.12. The Bertz CT molecular complexity index is 697. The number of anilines is 2. The van der Waals surface area contributed by atoms with Crippen molar-refractivity contribution < 1.29 is 9.53 Å². The summed E-state index contributed by atoms with van der Waals surface area (Å²) in [6, 6.07) is 8.26. The second-order valence-electron chi connectivity index (χ2n) is 5.67. The third-order valence-electron chi connectivity index (χ3n) is 4.03. The smallest absolute Gasteiger partial charge is 0.265 e. The first kappa shape index (κ1) is 16.7. The highest BCUT2D eigenvalue weighted by Crippen LogP contribution is 2.24. The maximum Gasteiger partial charge on any atom is 0.265 e. The van der Waals surface area contributed by atoms with E-state index in [1.165, 1.54) is 17.0 Å². The van der Waals surface area contributed by atoms with Crippen molar-refractivity contribution in [3.8, 4) is 0 Å². The number of rotatable bonds is 5. The van der Waals surface area contributed by atoms with Gasteiger partial charge in [0, 0.05) is 39.4 Å². The fourth-order valence-corrected chi connectivity index (χ4v) is 3.53. The predicted octanol–water partition coefficient (Wildman–Crippen LogP) is 2.29. The number of thiazole rings is 1. The van der Waals surface area contributed by atoms with E-state index in [1.54, 1.807) is 18.1 Å². The Balaban J connectivity index is 1.74. The van der Waals surface area contributed by atoms with Crippen molar-refractivity contribution in [1.29, 1.82) is 0 Å². The number of hydrogen-bond donors (Lipinski definition) is 1. The minimum Gasteiger partial charge on any atom is -0.378 e. The van der Waals surface area contributed by atoms with E-state index in [0.717, 1.165) is 37.0 Å². The van der Waals surface area contributed by atoms with Crippen LogP contribution in [0.5, 0.6) is 0 Å². The number of carbonyl (C=O) groups excluding carboxylic acids is 1. The number of carbonyl (C=O) groups is 1. The summed E-state index contributed by atoms with van der Waals surface area (Å²) in [7, 11) is 3.63. The largest absolute Gasteiger partial charge is 0.378 e. The van der Waals surface area contributed by atoms with Crippen LogP contribution in [0, 0.1) is 0 Å². The van der Waals surface area contributed by atoms with Crippen molar-refractivity contribution in [3.63, 3.8) is 0 Å². The van der Waals surface area contributed by atoms with Crippen molar-refractivity contribution in [3.05, 3.63) is 40.9 Å². The summed E-state index contributed by atoms with van der Waals surface area (Å²) < 4.78 is 5.43. The van der Waals surface area contributed by atoms with Crippen LogP contribution in [-0.4, -0.2) is 56.2 Å². The molecule has 0 aliphatic carbocycles. The maximum absolute atomic E-state index is 12.6. The highest BCUT2D eigenvalue weighted by molar-refractivity contribution is 7.17. The first-order valence-corrected chi connectivity index (χ1v) is 8.80. The Kier molecular flexibility index (Phi) is 5.32. The van der Waals surface area contributed by atoms with E-state index < -0.39 is 0 Å².